The summed E-state index contributed by atoms with van der Waals surface area (Å²) in [7, 11) is 1.63. The van der Waals surface area contributed by atoms with Crippen molar-refractivity contribution < 1.29 is 9.26 Å². The van der Waals surface area contributed by atoms with Crippen molar-refractivity contribution in [2.45, 2.75) is 17.7 Å². The average molecular weight is 313 g/mol. The summed E-state index contributed by atoms with van der Waals surface area (Å²) in [6.45, 7) is 2.01. The number of aryl methyl sites for hydroxylation is 1. The van der Waals surface area contributed by atoms with E-state index in [1.165, 1.54) is 0 Å². The lowest BCUT2D eigenvalue weighted by molar-refractivity contribution is 0.391. The number of methoxy groups -OCH3 is 1. The van der Waals surface area contributed by atoms with E-state index in [1.54, 1.807) is 18.9 Å². The highest BCUT2D eigenvalue weighted by atomic mass is 32.2. The summed E-state index contributed by atoms with van der Waals surface area (Å²) in [5.41, 5.74) is 2.01. The van der Waals surface area contributed by atoms with Crippen molar-refractivity contribution in [2.24, 2.45) is 0 Å². The molecule has 0 unspecified atom stereocenters. The van der Waals surface area contributed by atoms with Gasteiger partial charge in [-0.05, 0) is 30.7 Å². The molecule has 1 aromatic carbocycles. The summed E-state index contributed by atoms with van der Waals surface area (Å²) in [5.74, 6) is 2.49. The van der Waals surface area contributed by atoms with Crippen LogP contribution >= 0.6 is 11.8 Å². The van der Waals surface area contributed by atoms with Crippen LogP contribution in [0.3, 0.4) is 0 Å². The molecule has 5 nitrogen and oxygen atoms in total. The van der Waals surface area contributed by atoms with Crippen LogP contribution in [0.2, 0.25) is 0 Å². The first kappa shape index (κ1) is 14.6. The van der Waals surface area contributed by atoms with Gasteiger partial charge in [0.05, 0.1) is 17.9 Å². The van der Waals surface area contributed by atoms with E-state index in [2.05, 4.69) is 15.1 Å². The Morgan fingerprint density at radius 2 is 2.14 bits per heavy atom. The maximum Gasteiger partial charge on any atom is 0.237 e. The Kier molecular flexibility index (Phi) is 4.39. The van der Waals surface area contributed by atoms with Gasteiger partial charge in [-0.25, -0.2) is 4.98 Å². The fourth-order valence-corrected chi connectivity index (χ4v) is 2.55. The second-order valence-corrected chi connectivity index (χ2v) is 5.70. The third-order valence-corrected chi connectivity index (χ3v) is 3.95. The highest BCUT2D eigenvalue weighted by molar-refractivity contribution is 7.98. The Bertz CT molecular complexity index is 756. The molecule has 0 saturated carbocycles. The van der Waals surface area contributed by atoms with Crippen molar-refractivity contribution in [2.75, 3.05) is 7.11 Å². The van der Waals surface area contributed by atoms with E-state index in [4.69, 9.17) is 9.26 Å². The molecule has 0 aliphatic heterocycles. The van der Waals surface area contributed by atoms with Gasteiger partial charge in [-0.15, -0.1) is 0 Å². The predicted octanol–water partition coefficient (Wildman–Crippen LogP) is 3.74. The number of hydrogen-bond donors (Lipinski definition) is 0. The molecule has 0 bridgehead atoms. The van der Waals surface area contributed by atoms with E-state index in [-0.39, 0.29) is 0 Å². The zero-order valence-corrected chi connectivity index (χ0v) is 13.1. The van der Waals surface area contributed by atoms with Crippen LogP contribution < -0.4 is 4.74 Å². The van der Waals surface area contributed by atoms with E-state index in [0.29, 0.717) is 17.5 Å². The zero-order valence-electron chi connectivity index (χ0n) is 12.3. The summed E-state index contributed by atoms with van der Waals surface area (Å²) in [6, 6.07) is 11.6. The number of nitrogens with zero attached hydrogens (tertiary/aromatic N) is 3. The molecule has 6 heteroatoms. The lowest BCUT2D eigenvalue weighted by Gasteiger charge is -2.00. The molecule has 0 aliphatic carbocycles. The lowest BCUT2D eigenvalue weighted by Crippen LogP contribution is -1.86. The Morgan fingerprint density at radius 1 is 1.23 bits per heavy atom. The fourth-order valence-electron chi connectivity index (χ4n) is 1.87. The normalized spacial score (nSPS) is 10.6. The van der Waals surface area contributed by atoms with E-state index >= 15 is 0 Å². The van der Waals surface area contributed by atoms with Gasteiger partial charge in [0.15, 0.2) is 0 Å². The molecule has 0 radical (unpaired) electrons. The average Bonchev–Trinajstić information content (AvgIpc) is 3.03. The number of thioether (sulfide) groups is 1. The van der Waals surface area contributed by atoms with E-state index in [9.17, 15) is 0 Å². The largest absolute Gasteiger partial charge is 0.497 e. The third kappa shape index (κ3) is 3.46. The first-order valence-corrected chi connectivity index (χ1v) is 7.75. The van der Waals surface area contributed by atoms with Crippen LogP contribution in [-0.4, -0.2) is 22.2 Å². The van der Waals surface area contributed by atoms with Crippen molar-refractivity contribution in [1.82, 2.24) is 15.1 Å². The molecule has 0 atom stereocenters. The van der Waals surface area contributed by atoms with E-state index in [1.807, 2.05) is 49.5 Å². The number of hydrogen-bond acceptors (Lipinski definition) is 6. The van der Waals surface area contributed by atoms with Crippen LogP contribution in [0.5, 0.6) is 5.75 Å². The van der Waals surface area contributed by atoms with Crippen molar-refractivity contribution in [3.63, 3.8) is 0 Å². The quantitative estimate of drug-likeness (QED) is 0.669. The number of rotatable bonds is 5. The standard InChI is InChI=1S/C16H15N3O2S/c1-11-6-7-15(17-9-11)22-10-14-18-16(19-21-14)12-4-3-5-13(8-12)20-2/h3-9H,10H2,1-2H3. The van der Waals surface area contributed by atoms with Crippen LogP contribution in [0.15, 0.2) is 52.1 Å². The Morgan fingerprint density at radius 3 is 2.91 bits per heavy atom. The maximum absolute atomic E-state index is 5.29. The van der Waals surface area contributed by atoms with Crippen molar-refractivity contribution >= 4 is 11.8 Å². The fraction of sp³-hybridized carbons (Fsp3) is 0.188. The lowest BCUT2D eigenvalue weighted by atomic mass is 10.2. The minimum atomic E-state index is 0.561. The molecule has 22 heavy (non-hydrogen) atoms. The van der Waals surface area contributed by atoms with Crippen LogP contribution in [0, 0.1) is 6.92 Å². The smallest absolute Gasteiger partial charge is 0.237 e. The molecule has 0 saturated heterocycles. The van der Waals surface area contributed by atoms with Crippen LogP contribution in [0.4, 0.5) is 0 Å². The van der Waals surface area contributed by atoms with Gasteiger partial charge in [-0.1, -0.05) is 35.1 Å². The van der Waals surface area contributed by atoms with Gasteiger partial charge in [0.1, 0.15) is 5.75 Å². The van der Waals surface area contributed by atoms with Gasteiger partial charge in [-0.3, -0.25) is 0 Å². The topological polar surface area (TPSA) is 61.0 Å². The molecule has 0 aliphatic rings. The Labute approximate surface area is 132 Å². The van der Waals surface area contributed by atoms with E-state index in [0.717, 1.165) is 21.9 Å². The van der Waals surface area contributed by atoms with Crippen LogP contribution in [-0.2, 0) is 5.75 Å². The molecule has 3 rings (SSSR count). The molecule has 3 aromatic rings. The van der Waals surface area contributed by atoms with Crippen molar-refractivity contribution in [3.05, 3.63) is 54.0 Å². The summed E-state index contributed by atoms with van der Waals surface area (Å²) in [6.07, 6.45) is 1.85. The van der Waals surface area contributed by atoms with Crippen LogP contribution in [0.1, 0.15) is 11.5 Å². The summed E-state index contributed by atoms with van der Waals surface area (Å²) in [5, 5.41) is 4.95. The van der Waals surface area contributed by atoms with Crippen molar-refractivity contribution in [1.29, 1.82) is 0 Å². The Hall–Kier alpha value is -2.34. The van der Waals surface area contributed by atoms with Gasteiger partial charge >= 0.3 is 0 Å². The number of benzene rings is 1. The molecule has 2 aromatic heterocycles. The minimum Gasteiger partial charge on any atom is -0.497 e. The summed E-state index contributed by atoms with van der Waals surface area (Å²) in [4.78, 5) is 8.74. The molecule has 0 amide bonds. The van der Waals surface area contributed by atoms with E-state index < -0.39 is 0 Å². The second kappa shape index (κ2) is 6.62. The van der Waals surface area contributed by atoms with Gasteiger partial charge in [-0.2, -0.15) is 4.98 Å². The molecule has 0 fully saturated rings. The molecule has 112 valence electrons. The summed E-state index contributed by atoms with van der Waals surface area (Å²) >= 11 is 1.57. The van der Waals surface area contributed by atoms with Crippen LogP contribution in [0.25, 0.3) is 11.4 Å². The number of pyridine rings is 1. The minimum absolute atomic E-state index is 0.561. The molecule has 2 heterocycles. The Balaban J connectivity index is 1.69. The predicted molar refractivity (Wildman–Crippen MR) is 84.8 cm³/mol. The first-order chi connectivity index (χ1) is 10.7. The summed E-state index contributed by atoms with van der Waals surface area (Å²) < 4.78 is 10.5. The highest BCUT2D eigenvalue weighted by Gasteiger charge is 2.10. The van der Waals surface area contributed by atoms with Gasteiger partial charge in [0.25, 0.3) is 0 Å². The zero-order chi connectivity index (χ0) is 15.4. The monoisotopic (exact) mass is 313 g/mol. The highest BCUT2D eigenvalue weighted by Crippen LogP contribution is 2.24. The van der Waals surface area contributed by atoms with Gasteiger partial charge in [0, 0.05) is 11.8 Å². The number of aromatic nitrogens is 3. The third-order valence-electron chi connectivity index (χ3n) is 3.02. The molecule has 0 spiro atoms. The van der Waals surface area contributed by atoms with Gasteiger partial charge < -0.3 is 9.26 Å². The second-order valence-electron chi connectivity index (χ2n) is 4.71. The first-order valence-electron chi connectivity index (χ1n) is 6.77. The molecular formula is C16H15N3O2S. The maximum atomic E-state index is 5.29. The molecule has 0 N–H and O–H groups in total. The van der Waals surface area contributed by atoms with Crippen molar-refractivity contribution in [3.8, 4) is 17.1 Å². The molecular weight excluding hydrogens is 298 g/mol. The van der Waals surface area contributed by atoms with Gasteiger partial charge in [0.2, 0.25) is 11.7 Å². The SMILES string of the molecule is COc1cccc(-c2noc(CSc3ccc(C)cn3)n2)c1. The number of ether oxygens (including phenoxy) is 1.